The van der Waals surface area contributed by atoms with Gasteiger partial charge in [0.2, 0.25) is 0 Å². The normalized spacial score (nSPS) is 14.7. The fourth-order valence-corrected chi connectivity index (χ4v) is 9.74. The van der Waals surface area contributed by atoms with Crippen molar-refractivity contribution in [2.24, 2.45) is 0 Å². The van der Waals surface area contributed by atoms with E-state index in [4.69, 9.17) is 23.4 Å². The van der Waals surface area contributed by atoms with Gasteiger partial charge in [-0.25, -0.2) is 0 Å². The molecule has 0 saturated carbocycles. The van der Waals surface area contributed by atoms with Gasteiger partial charge in [0.1, 0.15) is 12.5 Å². The summed E-state index contributed by atoms with van der Waals surface area (Å²) in [5.74, 6) is 0.652. The number of benzene rings is 1. The standard InChI is InChI=1S/C33H66O6Si3/c1-13-42(14-2,15-3)39-32(4,5)19-16-20-33(6,34)30-18-17-29(26-37-27-35-21-23-40(7,8)9)25-31(30)38-28-36-22-24-41(10,11)12/h17-18,25,34H,13-16,19-24,26-28H2,1-12H3/t33-/m0/s1. The number of hydrogen-bond acceptors (Lipinski definition) is 6. The monoisotopic (exact) mass is 642 g/mol. The van der Waals surface area contributed by atoms with Gasteiger partial charge >= 0.3 is 0 Å². The predicted molar refractivity (Wildman–Crippen MR) is 186 cm³/mol. The molecule has 1 aromatic carbocycles. The van der Waals surface area contributed by atoms with Crippen molar-refractivity contribution in [3.63, 3.8) is 0 Å². The Kier molecular flexibility index (Phi) is 16.8. The smallest absolute Gasteiger partial charge is 0.192 e. The second kappa shape index (κ2) is 17.8. The van der Waals surface area contributed by atoms with Gasteiger partial charge in [0.05, 0.1) is 17.8 Å². The van der Waals surface area contributed by atoms with E-state index < -0.39 is 30.1 Å². The lowest BCUT2D eigenvalue weighted by atomic mass is 9.87. The van der Waals surface area contributed by atoms with Crippen LogP contribution in [0.3, 0.4) is 0 Å². The van der Waals surface area contributed by atoms with Crippen molar-refractivity contribution in [1.29, 1.82) is 0 Å². The van der Waals surface area contributed by atoms with Crippen LogP contribution in [-0.4, -0.2) is 62.0 Å². The average molecular weight is 643 g/mol. The molecule has 0 aliphatic heterocycles. The second-order valence-electron chi connectivity index (χ2n) is 15.2. The van der Waals surface area contributed by atoms with Gasteiger partial charge in [-0.1, -0.05) is 72.2 Å². The highest BCUT2D eigenvalue weighted by atomic mass is 28.4. The van der Waals surface area contributed by atoms with Crippen molar-refractivity contribution in [3.05, 3.63) is 29.3 Å². The van der Waals surface area contributed by atoms with E-state index in [9.17, 15) is 5.11 Å². The molecule has 0 aliphatic rings. The lowest BCUT2D eigenvalue weighted by molar-refractivity contribution is -0.0574. The van der Waals surface area contributed by atoms with Gasteiger partial charge in [0, 0.05) is 34.9 Å². The Bertz CT molecular complexity index is 880. The Morgan fingerprint density at radius 3 is 1.81 bits per heavy atom. The zero-order valence-electron chi connectivity index (χ0n) is 29.4. The molecule has 1 rings (SSSR count). The van der Waals surface area contributed by atoms with Gasteiger partial charge in [-0.05, 0) is 81.9 Å². The number of aliphatic hydroxyl groups is 1. The maximum atomic E-state index is 11.7. The summed E-state index contributed by atoms with van der Waals surface area (Å²) in [5.41, 5.74) is 0.517. The Morgan fingerprint density at radius 2 is 1.29 bits per heavy atom. The number of ether oxygens (including phenoxy) is 4. The lowest BCUT2D eigenvalue weighted by Crippen LogP contribution is -2.44. The van der Waals surface area contributed by atoms with E-state index in [0.717, 1.165) is 60.8 Å². The van der Waals surface area contributed by atoms with Crippen LogP contribution in [0.15, 0.2) is 18.2 Å². The first-order valence-electron chi connectivity index (χ1n) is 16.3. The molecule has 0 unspecified atom stereocenters. The van der Waals surface area contributed by atoms with E-state index in [0.29, 0.717) is 25.4 Å². The maximum absolute atomic E-state index is 11.7. The first-order chi connectivity index (χ1) is 19.4. The maximum Gasteiger partial charge on any atom is 0.192 e. The van der Waals surface area contributed by atoms with Crippen LogP contribution in [0.2, 0.25) is 69.5 Å². The molecular weight excluding hydrogens is 577 g/mol. The summed E-state index contributed by atoms with van der Waals surface area (Å²) in [6.07, 6.45) is 2.37. The van der Waals surface area contributed by atoms with Crippen molar-refractivity contribution in [1.82, 2.24) is 0 Å². The number of hydrogen-bond donors (Lipinski definition) is 1. The second-order valence-corrected chi connectivity index (χ2v) is 31.2. The molecule has 0 aliphatic carbocycles. The van der Waals surface area contributed by atoms with Gasteiger partial charge in [-0.2, -0.15) is 0 Å². The molecule has 42 heavy (non-hydrogen) atoms. The summed E-state index contributed by atoms with van der Waals surface area (Å²) in [5, 5.41) is 11.7. The van der Waals surface area contributed by atoms with Crippen LogP contribution in [0.4, 0.5) is 0 Å². The third kappa shape index (κ3) is 16.0. The molecule has 0 amide bonds. The van der Waals surface area contributed by atoms with E-state index in [1.165, 1.54) is 0 Å². The van der Waals surface area contributed by atoms with Crippen molar-refractivity contribution in [2.45, 2.75) is 148 Å². The zero-order valence-corrected chi connectivity index (χ0v) is 32.4. The third-order valence-electron chi connectivity index (χ3n) is 8.22. The largest absolute Gasteiger partial charge is 0.467 e. The topological polar surface area (TPSA) is 66.4 Å². The SMILES string of the molecule is CC[Si](CC)(CC)OC(C)(C)CCC[C@](C)(O)c1ccc(COCOCC[Si](C)(C)C)cc1OCOCC[Si](C)(C)C. The van der Waals surface area contributed by atoms with Crippen LogP contribution in [0.1, 0.15) is 71.9 Å². The first kappa shape index (κ1) is 39.5. The van der Waals surface area contributed by atoms with E-state index in [1.807, 2.05) is 25.1 Å². The van der Waals surface area contributed by atoms with Gasteiger partial charge in [0.25, 0.3) is 0 Å². The summed E-state index contributed by atoms with van der Waals surface area (Å²) in [6.45, 7) is 29.4. The van der Waals surface area contributed by atoms with Gasteiger partial charge in [-0.3, -0.25) is 0 Å². The third-order valence-corrected chi connectivity index (χ3v) is 16.5. The summed E-state index contributed by atoms with van der Waals surface area (Å²) >= 11 is 0. The Morgan fingerprint density at radius 1 is 0.738 bits per heavy atom. The first-order valence-corrected chi connectivity index (χ1v) is 26.2. The Balaban J connectivity index is 2.90. The van der Waals surface area contributed by atoms with Gasteiger partial charge in [-0.15, -0.1) is 0 Å². The van der Waals surface area contributed by atoms with E-state index in [2.05, 4.69) is 73.9 Å². The Labute approximate surface area is 262 Å². The van der Waals surface area contributed by atoms with Crippen LogP contribution in [0, 0.1) is 0 Å². The van der Waals surface area contributed by atoms with E-state index >= 15 is 0 Å². The molecule has 0 aromatic heterocycles. The Hall–Kier alpha value is -0.529. The summed E-state index contributed by atoms with van der Waals surface area (Å²) in [4.78, 5) is 0. The zero-order chi connectivity index (χ0) is 32.1. The van der Waals surface area contributed by atoms with Crippen LogP contribution in [0.25, 0.3) is 0 Å². The molecule has 6 nitrogen and oxygen atoms in total. The van der Waals surface area contributed by atoms with E-state index in [-0.39, 0.29) is 19.2 Å². The fraction of sp³-hybridized carbons (Fsp3) is 0.818. The molecule has 0 fully saturated rings. The van der Waals surface area contributed by atoms with Crippen LogP contribution >= 0.6 is 0 Å². The van der Waals surface area contributed by atoms with E-state index in [1.54, 1.807) is 0 Å². The van der Waals surface area contributed by atoms with Gasteiger partial charge < -0.3 is 28.5 Å². The molecule has 1 atom stereocenters. The molecule has 9 heteroatoms. The highest BCUT2D eigenvalue weighted by molar-refractivity contribution is 6.76. The highest BCUT2D eigenvalue weighted by Gasteiger charge is 2.36. The molecule has 1 N–H and O–H groups in total. The molecule has 0 saturated heterocycles. The highest BCUT2D eigenvalue weighted by Crippen LogP contribution is 2.37. The average Bonchev–Trinajstić information content (AvgIpc) is 2.87. The number of rotatable bonds is 23. The van der Waals surface area contributed by atoms with Crippen molar-refractivity contribution < 1.29 is 28.5 Å². The van der Waals surface area contributed by atoms with Crippen molar-refractivity contribution in [2.75, 3.05) is 26.8 Å². The molecular formula is C33H66O6Si3. The summed E-state index contributed by atoms with van der Waals surface area (Å²) in [7, 11) is -4.00. The molecule has 0 radical (unpaired) electrons. The molecule has 1 aromatic rings. The lowest BCUT2D eigenvalue weighted by Gasteiger charge is -2.39. The van der Waals surface area contributed by atoms with Crippen LogP contribution < -0.4 is 4.74 Å². The van der Waals surface area contributed by atoms with Crippen molar-refractivity contribution in [3.8, 4) is 5.75 Å². The minimum absolute atomic E-state index is 0.163. The van der Waals surface area contributed by atoms with Crippen LogP contribution in [-0.2, 0) is 30.8 Å². The van der Waals surface area contributed by atoms with Crippen LogP contribution in [0.5, 0.6) is 5.75 Å². The molecule has 0 heterocycles. The minimum Gasteiger partial charge on any atom is -0.467 e. The molecule has 0 spiro atoms. The van der Waals surface area contributed by atoms with Crippen molar-refractivity contribution >= 4 is 24.5 Å². The molecule has 0 bridgehead atoms. The summed E-state index contributed by atoms with van der Waals surface area (Å²) < 4.78 is 30.3. The minimum atomic E-state index is -1.70. The predicted octanol–water partition coefficient (Wildman–Crippen LogP) is 9.38. The summed E-state index contributed by atoms with van der Waals surface area (Å²) in [6, 6.07) is 11.6. The molecule has 246 valence electrons. The van der Waals surface area contributed by atoms with Gasteiger partial charge in [0.15, 0.2) is 15.1 Å². The quantitative estimate of drug-likeness (QED) is 0.0729. The fourth-order valence-electron chi connectivity index (χ4n) is 5.02.